The molecule has 5 rings (SSSR count). The van der Waals surface area contributed by atoms with Gasteiger partial charge in [0, 0.05) is 55.9 Å². The number of piperazine rings is 1. The molecule has 2 aromatic carbocycles. The first-order valence-electron chi connectivity index (χ1n) is 11.8. The molecule has 0 saturated carbocycles. The molecule has 2 N–H and O–H groups in total. The Bertz CT molecular complexity index is 1320. The summed E-state index contributed by atoms with van der Waals surface area (Å²) in [6.45, 7) is 6.71. The van der Waals surface area contributed by atoms with Gasteiger partial charge in [-0.3, -0.25) is 4.90 Å². The zero-order chi connectivity index (χ0) is 24.4. The molecular formula is C26H31N5O4. The predicted octanol–water partition coefficient (Wildman–Crippen LogP) is 3.21. The molecule has 0 spiro atoms. The Labute approximate surface area is 204 Å². The van der Waals surface area contributed by atoms with Crippen LogP contribution in [0.1, 0.15) is 5.56 Å². The summed E-state index contributed by atoms with van der Waals surface area (Å²) in [6.07, 6.45) is 2.84. The van der Waals surface area contributed by atoms with Gasteiger partial charge in [0.1, 0.15) is 24.8 Å². The van der Waals surface area contributed by atoms with Gasteiger partial charge in [-0.1, -0.05) is 0 Å². The van der Waals surface area contributed by atoms with Crippen molar-refractivity contribution in [2.75, 3.05) is 53.5 Å². The number of nitrogens with zero attached hydrogens (tertiary/aromatic N) is 4. The predicted molar refractivity (Wildman–Crippen MR) is 135 cm³/mol. The van der Waals surface area contributed by atoms with Crippen molar-refractivity contribution in [1.29, 1.82) is 0 Å². The van der Waals surface area contributed by atoms with Gasteiger partial charge in [0.15, 0.2) is 11.5 Å². The third kappa shape index (κ3) is 5.17. The maximum absolute atomic E-state index is 10.5. The van der Waals surface area contributed by atoms with Crippen molar-refractivity contribution in [3.63, 3.8) is 0 Å². The number of hydrogen-bond donors (Lipinski definition) is 2. The summed E-state index contributed by atoms with van der Waals surface area (Å²) in [5, 5.41) is 12.3. The molecular weight excluding hydrogens is 446 g/mol. The summed E-state index contributed by atoms with van der Waals surface area (Å²) >= 11 is 0. The molecule has 9 nitrogen and oxygen atoms in total. The lowest BCUT2D eigenvalue weighted by Crippen LogP contribution is -2.47. The fourth-order valence-electron chi connectivity index (χ4n) is 4.38. The third-order valence-electron chi connectivity index (χ3n) is 6.45. The molecule has 1 aliphatic heterocycles. The molecule has 2 aromatic heterocycles. The number of H-pyrrole nitrogens is 1. The van der Waals surface area contributed by atoms with Gasteiger partial charge in [-0.2, -0.15) is 0 Å². The average molecular weight is 478 g/mol. The number of hydrogen-bond acceptors (Lipinski definition) is 8. The minimum Gasteiger partial charge on any atom is -0.493 e. The van der Waals surface area contributed by atoms with E-state index in [0.717, 1.165) is 42.6 Å². The van der Waals surface area contributed by atoms with Crippen molar-refractivity contribution < 1.29 is 19.3 Å². The number of fused-ring (bicyclic) bond motifs is 2. The van der Waals surface area contributed by atoms with Crippen molar-refractivity contribution >= 4 is 21.8 Å². The van der Waals surface area contributed by atoms with Crippen LogP contribution in [0.4, 0.5) is 0 Å². The van der Waals surface area contributed by atoms with E-state index in [0.29, 0.717) is 40.6 Å². The molecule has 0 aliphatic carbocycles. The van der Waals surface area contributed by atoms with E-state index in [1.54, 1.807) is 13.2 Å². The fourth-order valence-corrected chi connectivity index (χ4v) is 4.38. The minimum absolute atomic E-state index is 0.165. The number of ether oxygens (including phenoxy) is 3. The highest BCUT2D eigenvalue weighted by Crippen LogP contribution is 2.36. The first kappa shape index (κ1) is 23.3. The first-order chi connectivity index (χ1) is 17.0. The Balaban J connectivity index is 1.32. The highest BCUT2D eigenvalue weighted by Gasteiger charge is 2.19. The lowest BCUT2D eigenvalue weighted by molar-refractivity contribution is 0.0498. The average Bonchev–Trinajstić information content (AvgIpc) is 3.24. The number of β-amino-alcohol motifs (C(OH)–C–C–N with tert-alkyl or cyclic N) is 1. The topological polar surface area (TPSA) is 96.0 Å². The molecule has 1 aliphatic rings. The molecule has 4 aromatic rings. The van der Waals surface area contributed by atoms with Gasteiger partial charge in [-0.25, -0.2) is 9.97 Å². The smallest absolute Gasteiger partial charge is 0.230 e. The lowest BCUT2D eigenvalue weighted by Gasteiger charge is -2.33. The Morgan fingerprint density at radius 3 is 2.69 bits per heavy atom. The van der Waals surface area contributed by atoms with E-state index >= 15 is 0 Å². The van der Waals surface area contributed by atoms with E-state index in [2.05, 4.69) is 38.7 Å². The number of aryl methyl sites for hydroxylation is 1. The second-order valence-electron chi connectivity index (χ2n) is 9.05. The van der Waals surface area contributed by atoms with Gasteiger partial charge in [0.25, 0.3) is 0 Å². The molecule has 1 fully saturated rings. The van der Waals surface area contributed by atoms with Crippen molar-refractivity contribution in [1.82, 2.24) is 24.8 Å². The number of aromatic amines is 1. The molecule has 9 heteroatoms. The van der Waals surface area contributed by atoms with Crippen LogP contribution in [0.3, 0.4) is 0 Å². The van der Waals surface area contributed by atoms with Crippen LogP contribution in [0.5, 0.6) is 23.1 Å². The fraction of sp³-hybridized carbons (Fsp3) is 0.385. The van der Waals surface area contributed by atoms with Crippen LogP contribution in [0, 0.1) is 6.92 Å². The largest absolute Gasteiger partial charge is 0.493 e. The van der Waals surface area contributed by atoms with Gasteiger partial charge < -0.3 is 29.2 Å². The number of likely N-dealkylation sites (N-methyl/N-ethyl adjacent to an activating group) is 1. The number of aliphatic hydroxyl groups is 1. The van der Waals surface area contributed by atoms with Gasteiger partial charge >= 0.3 is 0 Å². The van der Waals surface area contributed by atoms with E-state index in [1.165, 1.54) is 6.33 Å². The van der Waals surface area contributed by atoms with E-state index in [1.807, 2.05) is 30.5 Å². The monoisotopic (exact) mass is 477 g/mol. The maximum Gasteiger partial charge on any atom is 0.230 e. The summed E-state index contributed by atoms with van der Waals surface area (Å²) in [4.78, 5) is 16.5. The van der Waals surface area contributed by atoms with E-state index < -0.39 is 6.10 Å². The molecule has 1 atom stereocenters. The van der Waals surface area contributed by atoms with Crippen LogP contribution in [0.15, 0.2) is 42.9 Å². The van der Waals surface area contributed by atoms with Crippen molar-refractivity contribution in [2.24, 2.45) is 0 Å². The summed E-state index contributed by atoms with van der Waals surface area (Å²) in [6, 6.07) is 9.49. The summed E-state index contributed by atoms with van der Waals surface area (Å²) in [7, 11) is 3.70. The molecule has 3 heterocycles. The van der Waals surface area contributed by atoms with E-state index in [4.69, 9.17) is 14.2 Å². The molecule has 184 valence electrons. The number of methoxy groups -OCH3 is 1. The second-order valence-corrected chi connectivity index (χ2v) is 9.05. The van der Waals surface area contributed by atoms with Crippen LogP contribution in [0.25, 0.3) is 21.8 Å². The molecule has 1 saturated heterocycles. The van der Waals surface area contributed by atoms with Crippen molar-refractivity contribution in [2.45, 2.75) is 13.0 Å². The van der Waals surface area contributed by atoms with Crippen LogP contribution in [-0.2, 0) is 0 Å². The van der Waals surface area contributed by atoms with Crippen LogP contribution in [0.2, 0.25) is 0 Å². The van der Waals surface area contributed by atoms with E-state index in [9.17, 15) is 5.11 Å². The molecule has 35 heavy (non-hydrogen) atoms. The highest BCUT2D eigenvalue weighted by atomic mass is 16.5. The summed E-state index contributed by atoms with van der Waals surface area (Å²) in [5.74, 6) is 2.17. The van der Waals surface area contributed by atoms with Crippen LogP contribution < -0.4 is 14.2 Å². The van der Waals surface area contributed by atoms with Gasteiger partial charge in [0.05, 0.1) is 18.0 Å². The normalized spacial score (nSPS) is 16.0. The Kier molecular flexibility index (Phi) is 6.72. The standard InChI is InChI=1S/C26H31N5O4/c1-17-13-27-22-5-4-19(10-20(17)22)35-26-21-11-24(33-3)25(12-23(21)28-16-29-26)34-15-18(32)14-31-8-6-30(2)7-9-31/h4-5,10-13,16,18,27,32H,6-9,14-15H2,1-3H3. The van der Waals surface area contributed by atoms with Gasteiger partial charge in [-0.15, -0.1) is 0 Å². The number of aliphatic hydroxyl groups excluding tert-OH is 1. The number of nitrogens with one attached hydrogen (secondary N) is 1. The zero-order valence-electron chi connectivity index (χ0n) is 20.3. The first-order valence-corrected chi connectivity index (χ1v) is 11.8. The quantitative estimate of drug-likeness (QED) is 0.400. The van der Waals surface area contributed by atoms with Crippen LogP contribution >= 0.6 is 0 Å². The summed E-state index contributed by atoms with van der Waals surface area (Å²) < 4.78 is 17.7. The van der Waals surface area contributed by atoms with Crippen molar-refractivity contribution in [3.05, 3.63) is 48.4 Å². The Morgan fingerprint density at radius 1 is 1.06 bits per heavy atom. The molecule has 1 unspecified atom stereocenters. The SMILES string of the molecule is COc1cc2c(Oc3ccc4[nH]cc(C)c4c3)ncnc2cc1OCC(O)CN1CCN(C)CC1. The zero-order valence-corrected chi connectivity index (χ0v) is 20.3. The van der Waals surface area contributed by atoms with Gasteiger partial charge in [0.2, 0.25) is 5.88 Å². The van der Waals surface area contributed by atoms with Crippen LogP contribution in [-0.4, -0.2) is 89.5 Å². The molecule has 0 radical (unpaired) electrons. The molecule has 0 bridgehead atoms. The number of aromatic nitrogens is 3. The number of rotatable bonds is 8. The van der Waals surface area contributed by atoms with E-state index in [-0.39, 0.29) is 6.61 Å². The molecule has 0 amide bonds. The maximum atomic E-state index is 10.5. The Morgan fingerprint density at radius 2 is 1.89 bits per heavy atom. The summed E-state index contributed by atoms with van der Waals surface area (Å²) in [5.41, 5.74) is 2.87. The van der Waals surface area contributed by atoms with Gasteiger partial charge in [-0.05, 0) is 43.8 Å². The third-order valence-corrected chi connectivity index (χ3v) is 6.45. The number of benzene rings is 2. The second kappa shape index (κ2) is 10.1. The minimum atomic E-state index is -0.602. The highest BCUT2D eigenvalue weighted by molar-refractivity contribution is 5.88. The Hall–Kier alpha value is -3.40. The lowest BCUT2D eigenvalue weighted by atomic mass is 10.2. The van der Waals surface area contributed by atoms with Crippen molar-refractivity contribution in [3.8, 4) is 23.1 Å².